The van der Waals surface area contributed by atoms with E-state index in [4.69, 9.17) is 18.9 Å². The number of fused-ring (bicyclic) bond motifs is 3. The van der Waals surface area contributed by atoms with Gasteiger partial charge in [-0.15, -0.1) is 0 Å². The number of rotatable bonds is 5. The van der Waals surface area contributed by atoms with Crippen LogP contribution in [-0.2, 0) is 23.7 Å². The Labute approximate surface area is 285 Å². The third-order valence-corrected chi connectivity index (χ3v) is 15.9. The van der Waals surface area contributed by atoms with E-state index < -0.39 is 59.9 Å². The molecule has 7 aliphatic rings. The maximum Gasteiger partial charge on any atom is 0.303 e. The summed E-state index contributed by atoms with van der Waals surface area (Å²) in [6.45, 7) is 18.4. The summed E-state index contributed by atoms with van der Waals surface area (Å²) >= 11 is 0. The molecule has 2 aliphatic heterocycles. The number of aliphatic hydroxyl groups excluding tert-OH is 4. The van der Waals surface area contributed by atoms with Crippen molar-refractivity contribution in [3.8, 4) is 0 Å². The van der Waals surface area contributed by atoms with Gasteiger partial charge in [-0.2, -0.15) is 0 Å². The molecule has 5 fully saturated rings. The Hall–Kier alpha value is -1.27. The first kappa shape index (κ1) is 35.1. The van der Waals surface area contributed by atoms with E-state index >= 15 is 0 Å². The maximum absolute atomic E-state index is 12.5. The molecule has 0 amide bonds. The van der Waals surface area contributed by atoms with Crippen LogP contribution in [0.1, 0.15) is 107 Å². The van der Waals surface area contributed by atoms with E-state index in [0.717, 1.165) is 38.5 Å². The first-order valence-corrected chi connectivity index (χ1v) is 18.5. The number of carbonyl (C=O) groups excluding carboxylic acids is 1. The molecule has 0 bridgehead atoms. The summed E-state index contributed by atoms with van der Waals surface area (Å²) in [5, 5.41) is 54.5. The molecule has 10 nitrogen and oxygen atoms in total. The van der Waals surface area contributed by atoms with Gasteiger partial charge in [0.05, 0.1) is 18.3 Å². The molecule has 1 unspecified atom stereocenters. The molecule has 0 radical (unpaired) electrons. The van der Waals surface area contributed by atoms with Crippen LogP contribution in [0.4, 0.5) is 0 Å². The monoisotopic (exact) mass is 676 g/mol. The molecule has 5 aliphatic carbocycles. The van der Waals surface area contributed by atoms with Crippen molar-refractivity contribution in [2.45, 2.75) is 162 Å². The van der Waals surface area contributed by atoms with E-state index in [1.165, 1.54) is 12.5 Å². The van der Waals surface area contributed by atoms with Gasteiger partial charge in [-0.25, -0.2) is 0 Å². The Kier molecular flexibility index (Phi) is 7.96. The molecule has 0 aromatic carbocycles. The highest BCUT2D eigenvalue weighted by atomic mass is 16.7. The van der Waals surface area contributed by atoms with Crippen molar-refractivity contribution < 1.29 is 49.3 Å². The largest absolute Gasteiger partial charge is 0.488 e. The molecule has 272 valence electrons. The van der Waals surface area contributed by atoms with Gasteiger partial charge in [0.15, 0.2) is 12.4 Å². The number of aliphatic hydroxyl groups is 5. The van der Waals surface area contributed by atoms with Crippen LogP contribution in [0.5, 0.6) is 0 Å². The summed E-state index contributed by atoms with van der Waals surface area (Å²) in [7, 11) is 0. The van der Waals surface area contributed by atoms with Crippen LogP contribution in [0.3, 0.4) is 0 Å². The smallest absolute Gasteiger partial charge is 0.303 e. The van der Waals surface area contributed by atoms with Gasteiger partial charge in [-0.05, 0) is 104 Å². The van der Waals surface area contributed by atoms with E-state index in [1.807, 2.05) is 0 Å². The standard InChI is InChI=1S/C38H60O10/c1-18-16-22(31(34(6,7)44)46-20(3)39)47-29-26(18)35(8)14-15-38-19(2)37(38)13-12-25(48-32-28(42)27(41)21(40)17-45-32)33(4,5)23(37)10-11-24(38)36(35,9)30(29)43/h18-19,21-25,27-28,30-32,40-44H,10-17H2,1-9H3/t18-,19-,21-,22-,23+,24+,25+,27+,28-,30+,31+,32+,35-,36-,37?,38+/m1/s1. The minimum atomic E-state index is -1.31. The van der Waals surface area contributed by atoms with Crippen LogP contribution in [0.2, 0.25) is 0 Å². The fourth-order valence-corrected chi connectivity index (χ4v) is 13.7. The van der Waals surface area contributed by atoms with Gasteiger partial charge in [-0.1, -0.05) is 41.5 Å². The van der Waals surface area contributed by atoms with Crippen molar-refractivity contribution in [3.63, 3.8) is 0 Å². The van der Waals surface area contributed by atoms with Crippen LogP contribution in [0, 0.1) is 50.7 Å². The summed E-state index contributed by atoms with van der Waals surface area (Å²) in [5.41, 5.74) is -0.813. The van der Waals surface area contributed by atoms with Gasteiger partial charge in [0.2, 0.25) is 0 Å². The van der Waals surface area contributed by atoms with Crippen molar-refractivity contribution in [2.24, 2.45) is 50.7 Å². The third kappa shape index (κ3) is 4.26. The lowest BCUT2D eigenvalue weighted by atomic mass is 9.41. The Bertz CT molecular complexity index is 1350. The van der Waals surface area contributed by atoms with Gasteiger partial charge >= 0.3 is 5.97 Å². The predicted octanol–water partition coefficient (Wildman–Crippen LogP) is 3.84. The first-order valence-electron chi connectivity index (χ1n) is 18.5. The predicted molar refractivity (Wildman–Crippen MR) is 175 cm³/mol. The summed E-state index contributed by atoms with van der Waals surface area (Å²) in [4.78, 5) is 12.1. The number of allylic oxidation sites excluding steroid dienone is 1. The minimum Gasteiger partial charge on any atom is -0.488 e. The van der Waals surface area contributed by atoms with E-state index in [0.29, 0.717) is 24.0 Å². The van der Waals surface area contributed by atoms with Crippen molar-refractivity contribution in [2.75, 3.05) is 6.61 Å². The lowest BCUT2D eigenvalue weighted by Crippen LogP contribution is -2.61. The van der Waals surface area contributed by atoms with Gasteiger partial charge in [0, 0.05) is 17.8 Å². The van der Waals surface area contributed by atoms with Crippen LogP contribution in [0.25, 0.3) is 0 Å². The molecular formula is C38H60O10. The number of hydrogen-bond donors (Lipinski definition) is 5. The molecule has 7 rings (SSSR count). The normalized spacial score (nSPS) is 52.9. The summed E-state index contributed by atoms with van der Waals surface area (Å²) in [6.07, 6.45) is -0.643. The molecule has 0 aromatic rings. The van der Waals surface area contributed by atoms with E-state index in [1.54, 1.807) is 13.8 Å². The minimum absolute atomic E-state index is 0.0752. The molecule has 10 heteroatoms. The van der Waals surface area contributed by atoms with Crippen LogP contribution >= 0.6 is 0 Å². The van der Waals surface area contributed by atoms with Crippen molar-refractivity contribution in [3.05, 3.63) is 11.3 Å². The zero-order chi connectivity index (χ0) is 35.1. The molecule has 2 spiro atoms. The zero-order valence-electron chi connectivity index (χ0n) is 30.4. The second kappa shape index (κ2) is 10.9. The molecule has 16 atom stereocenters. The van der Waals surface area contributed by atoms with Gasteiger partial charge in [0.25, 0.3) is 0 Å². The second-order valence-electron chi connectivity index (χ2n) is 18.5. The highest BCUT2D eigenvalue weighted by Crippen LogP contribution is 2.91. The zero-order valence-corrected chi connectivity index (χ0v) is 30.4. The van der Waals surface area contributed by atoms with Crippen molar-refractivity contribution >= 4 is 5.97 Å². The summed E-state index contributed by atoms with van der Waals surface area (Å²) in [6, 6.07) is 0. The highest BCUT2D eigenvalue weighted by molar-refractivity contribution is 5.66. The van der Waals surface area contributed by atoms with Crippen LogP contribution in [-0.4, -0.2) is 92.7 Å². The Morgan fingerprint density at radius 2 is 1.58 bits per heavy atom. The van der Waals surface area contributed by atoms with Gasteiger partial charge < -0.3 is 44.5 Å². The van der Waals surface area contributed by atoms with E-state index in [2.05, 4.69) is 41.5 Å². The van der Waals surface area contributed by atoms with Crippen LogP contribution in [0.15, 0.2) is 11.3 Å². The average Bonchev–Trinajstić information content (AvgIpc) is 3.47. The maximum atomic E-state index is 12.5. The Morgan fingerprint density at radius 3 is 2.23 bits per heavy atom. The molecule has 48 heavy (non-hydrogen) atoms. The number of carbonyl (C=O) groups is 1. The molecule has 1 saturated heterocycles. The molecule has 4 saturated carbocycles. The van der Waals surface area contributed by atoms with Gasteiger partial charge in [-0.3, -0.25) is 4.79 Å². The summed E-state index contributed by atoms with van der Waals surface area (Å²) < 4.78 is 24.5. The van der Waals surface area contributed by atoms with Gasteiger partial charge in [0.1, 0.15) is 36.3 Å². The second-order valence-corrected chi connectivity index (χ2v) is 18.5. The molecule has 0 aromatic heterocycles. The number of hydrogen-bond acceptors (Lipinski definition) is 10. The first-order chi connectivity index (χ1) is 22.2. The number of ether oxygens (including phenoxy) is 4. The van der Waals surface area contributed by atoms with E-state index in [-0.39, 0.29) is 46.2 Å². The topological polar surface area (TPSA) is 155 Å². The SMILES string of the molecule is CC(=O)O[C@@H]([C@H]1C[C@@H](C)C2=C(O1)[C@H](O)[C@@]1(C)[C@@H]3CC[C@H]4C(C)(C)[C@@H](O[C@@H]5OC[C@@H](O)[C@H](O)[C@H]5O)CCC45[C@@H](C)[C@@]35CC[C@]21C)C(C)(C)O. The molecule has 5 N–H and O–H groups in total. The molecular weight excluding hydrogens is 616 g/mol. The Morgan fingerprint density at radius 1 is 0.938 bits per heavy atom. The van der Waals surface area contributed by atoms with Crippen molar-refractivity contribution in [1.29, 1.82) is 0 Å². The van der Waals surface area contributed by atoms with Crippen molar-refractivity contribution in [1.82, 2.24) is 0 Å². The molecule has 2 heterocycles. The fraction of sp³-hybridized carbons (Fsp3) is 0.921. The summed E-state index contributed by atoms with van der Waals surface area (Å²) in [5.74, 6) is 1.43. The third-order valence-electron chi connectivity index (χ3n) is 15.9. The lowest BCUT2D eigenvalue weighted by Gasteiger charge is -2.63. The quantitative estimate of drug-likeness (QED) is 0.214. The number of esters is 1. The Balaban J connectivity index is 1.17. The average molecular weight is 677 g/mol. The highest BCUT2D eigenvalue weighted by Gasteiger charge is 2.87. The fourth-order valence-electron chi connectivity index (χ4n) is 13.7. The van der Waals surface area contributed by atoms with E-state index in [9.17, 15) is 30.3 Å². The lowest BCUT2D eigenvalue weighted by molar-refractivity contribution is -0.303. The van der Waals surface area contributed by atoms with Crippen LogP contribution < -0.4 is 0 Å².